The normalized spacial score (nSPS) is 18.2. The van der Waals surface area contributed by atoms with Crippen molar-refractivity contribution in [3.05, 3.63) is 23.2 Å². The lowest BCUT2D eigenvalue weighted by molar-refractivity contribution is 0.314. The van der Waals surface area contributed by atoms with Crippen molar-refractivity contribution < 1.29 is 9.47 Å². The number of ether oxygens (including phenoxy) is 2. The number of hydrogen-bond acceptors (Lipinski definition) is 5. The van der Waals surface area contributed by atoms with Crippen molar-refractivity contribution in [1.82, 2.24) is 0 Å². The monoisotopic (exact) mass is 269 g/mol. The molecule has 1 heterocycles. The smallest absolute Gasteiger partial charge is 0.282 e. The number of amidine groups is 1. The average molecular weight is 270 g/mol. The third-order valence-corrected chi connectivity index (χ3v) is 3.11. The van der Waals surface area contributed by atoms with Crippen molar-refractivity contribution in [2.45, 2.75) is 6.04 Å². The van der Waals surface area contributed by atoms with Crippen molar-refractivity contribution in [2.75, 3.05) is 32.2 Å². The topological polar surface area (TPSA) is 60.1 Å². The second-order valence-corrected chi connectivity index (χ2v) is 4.54. The van der Waals surface area contributed by atoms with Gasteiger partial charge >= 0.3 is 0 Å². The van der Waals surface area contributed by atoms with E-state index in [1.165, 1.54) is 0 Å². The highest BCUT2D eigenvalue weighted by Gasteiger charge is 2.19. The molecule has 1 aliphatic heterocycles. The Kier molecular flexibility index (Phi) is 3.81. The number of aliphatic imine (C=N–C) groups is 1. The fraction of sp³-hybridized carbons (Fsp3) is 0.417. The van der Waals surface area contributed by atoms with Gasteiger partial charge in [-0.25, -0.2) is 4.99 Å². The van der Waals surface area contributed by atoms with E-state index >= 15 is 0 Å². The van der Waals surface area contributed by atoms with Gasteiger partial charge in [0.1, 0.15) is 18.4 Å². The molecule has 1 aliphatic rings. The average Bonchev–Trinajstić information content (AvgIpc) is 2.75. The number of likely N-dealkylation sites (N-methyl/N-ethyl adjacent to an activating group) is 1. The van der Waals surface area contributed by atoms with Crippen LogP contribution in [0.5, 0.6) is 5.75 Å². The molecule has 1 atom stereocenters. The molecule has 0 unspecified atom stereocenters. The summed E-state index contributed by atoms with van der Waals surface area (Å²) in [6.07, 6.45) is 0. The van der Waals surface area contributed by atoms with Gasteiger partial charge in [0, 0.05) is 25.3 Å². The first-order valence-electron chi connectivity index (χ1n) is 5.61. The van der Waals surface area contributed by atoms with Crippen LogP contribution in [0.2, 0.25) is 5.02 Å². The van der Waals surface area contributed by atoms with Gasteiger partial charge in [-0.3, -0.25) is 0 Å². The van der Waals surface area contributed by atoms with Crippen molar-refractivity contribution in [2.24, 2.45) is 10.7 Å². The van der Waals surface area contributed by atoms with Gasteiger partial charge in [-0.15, -0.1) is 0 Å². The molecule has 0 saturated heterocycles. The van der Waals surface area contributed by atoms with Gasteiger partial charge in [0.25, 0.3) is 6.02 Å². The number of benzene rings is 1. The molecular formula is C12H16ClN3O2. The lowest BCUT2D eigenvalue weighted by Crippen LogP contribution is -2.28. The predicted molar refractivity (Wildman–Crippen MR) is 72.6 cm³/mol. The van der Waals surface area contributed by atoms with Crippen LogP contribution in [0.15, 0.2) is 23.2 Å². The number of hydrogen-bond donors (Lipinski definition) is 1. The molecule has 0 aliphatic carbocycles. The summed E-state index contributed by atoms with van der Waals surface area (Å²) in [4.78, 5) is 6.25. The number of rotatable bonds is 4. The largest absolute Gasteiger partial charge is 0.495 e. The Bertz CT molecular complexity index is 465. The van der Waals surface area contributed by atoms with Gasteiger partial charge in [0.2, 0.25) is 0 Å². The molecule has 0 spiro atoms. The van der Waals surface area contributed by atoms with Crippen molar-refractivity contribution in [1.29, 1.82) is 0 Å². The number of anilines is 1. The summed E-state index contributed by atoms with van der Waals surface area (Å²) in [7, 11) is 3.58. The minimum absolute atomic E-state index is 0.0664. The second kappa shape index (κ2) is 5.35. The maximum absolute atomic E-state index is 5.99. The standard InChI is InChI=1S/C12H16ClN3O2/c1-16(6-8-7-18-12(14)15-8)9-3-4-10(13)11(5-9)17-2/h3-5,8H,6-7H2,1-2H3,(H2,14,15)/t8-/m0/s1. The lowest BCUT2D eigenvalue weighted by atomic mass is 10.2. The Labute approximate surface area is 111 Å². The van der Waals surface area contributed by atoms with Crippen molar-refractivity contribution in [3.63, 3.8) is 0 Å². The summed E-state index contributed by atoms with van der Waals surface area (Å²) >= 11 is 5.99. The number of nitrogens with two attached hydrogens (primary N) is 1. The first-order valence-corrected chi connectivity index (χ1v) is 5.98. The molecule has 5 nitrogen and oxygen atoms in total. The maximum atomic E-state index is 5.99. The van der Waals surface area contributed by atoms with Gasteiger partial charge in [0.05, 0.1) is 12.1 Å². The van der Waals surface area contributed by atoms with E-state index in [2.05, 4.69) is 9.89 Å². The SMILES string of the molecule is COc1cc(N(C)C[C@H]2COC(N)=N2)ccc1Cl. The van der Waals surface area contributed by atoms with Gasteiger partial charge in [-0.2, -0.15) is 0 Å². The molecule has 0 bridgehead atoms. The number of methoxy groups -OCH3 is 1. The zero-order chi connectivity index (χ0) is 13.1. The van der Waals surface area contributed by atoms with Crippen LogP contribution in [0, 0.1) is 0 Å². The maximum Gasteiger partial charge on any atom is 0.282 e. The minimum atomic E-state index is 0.0664. The van der Waals surface area contributed by atoms with Crippen LogP contribution in [0.1, 0.15) is 0 Å². The third-order valence-electron chi connectivity index (χ3n) is 2.79. The highest BCUT2D eigenvalue weighted by molar-refractivity contribution is 6.32. The quantitative estimate of drug-likeness (QED) is 0.900. The molecule has 98 valence electrons. The molecule has 2 N–H and O–H groups in total. The highest BCUT2D eigenvalue weighted by Crippen LogP contribution is 2.29. The Morgan fingerprint density at radius 3 is 3.00 bits per heavy atom. The first kappa shape index (κ1) is 12.8. The van der Waals surface area contributed by atoms with Crippen molar-refractivity contribution >= 4 is 23.3 Å². The molecule has 0 aromatic heterocycles. The lowest BCUT2D eigenvalue weighted by Gasteiger charge is -2.21. The minimum Gasteiger partial charge on any atom is -0.495 e. The molecule has 18 heavy (non-hydrogen) atoms. The van der Waals surface area contributed by atoms with Gasteiger partial charge in [0.15, 0.2) is 0 Å². The Morgan fingerprint density at radius 2 is 2.39 bits per heavy atom. The molecule has 0 radical (unpaired) electrons. The van der Waals surface area contributed by atoms with Gasteiger partial charge in [-0.1, -0.05) is 11.6 Å². The van der Waals surface area contributed by atoms with E-state index in [4.69, 9.17) is 26.8 Å². The van der Waals surface area contributed by atoms with Crippen LogP contribution in [0.25, 0.3) is 0 Å². The first-order chi connectivity index (χ1) is 8.60. The van der Waals surface area contributed by atoms with E-state index < -0.39 is 0 Å². The molecule has 0 saturated carbocycles. The van der Waals surface area contributed by atoms with E-state index in [9.17, 15) is 0 Å². The number of nitrogens with zero attached hydrogens (tertiary/aromatic N) is 2. The van der Waals surface area contributed by atoms with E-state index in [0.717, 1.165) is 12.2 Å². The molecule has 1 aromatic rings. The van der Waals surface area contributed by atoms with E-state index in [0.29, 0.717) is 17.4 Å². The van der Waals surface area contributed by atoms with Crippen LogP contribution in [0.3, 0.4) is 0 Å². The van der Waals surface area contributed by atoms with Crippen LogP contribution in [-0.2, 0) is 4.74 Å². The summed E-state index contributed by atoms with van der Waals surface area (Å²) in [5, 5.41) is 0.598. The molecule has 0 fully saturated rings. The van der Waals surface area contributed by atoms with Crippen LogP contribution in [-0.4, -0.2) is 39.4 Å². The van der Waals surface area contributed by atoms with Gasteiger partial charge < -0.3 is 20.1 Å². The zero-order valence-electron chi connectivity index (χ0n) is 10.4. The van der Waals surface area contributed by atoms with Gasteiger partial charge in [-0.05, 0) is 12.1 Å². The molecule has 6 heteroatoms. The summed E-state index contributed by atoms with van der Waals surface area (Å²) in [5.74, 6) is 0.659. The summed E-state index contributed by atoms with van der Waals surface area (Å²) in [6, 6.07) is 5.98. The zero-order valence-corrected chi connectivity index (χ0v) is 11.1. The Hall–Kier alpha value is -1.62. The van der Waals surface area contributed by atoms with Crippen LogP contribution < -0.4 is 15.4 Å². The fourth-order valence-corrected chi connectivity index (χ4v) is 2.03. The van der Waals surface area contributed by atoms with Crippen molar-refractivity contribution in [3.8, 4) is 5.75 Å². The van der Waals surface area contributed by atoms with Crippen LogP contribution >= 0.6 is 11.6 Å². The van der Waals surface area contributed by atoms with E-state index in [1.807, 2.05) is 25.2 Å². The second-order valence-electron chi connectivity index (χ2n) is 4.13. The third kappa shape index (κ3) is 2.79. The van der Waals surface area contributed by atoms with E-state index in [1.54, 1.807) is 7.11 Å². The summed E-state index contributed by atoms with van der Waals surface area (Å²) in [5.41, 5.74) is 6.49. The highest BCUT2D eigenvalue weighted by atomic mass is 35.5. The number of halogens is 1. The fourth-order valence-electron chi connectivity index (χ4n) is 1.84. The summed E-state index contributed by atoms with van der Waals surface area (Å²) in [6.45, 7) is 1.26. The Balaban J connectivity index is 2.06. The molecule has 1 aromatic carbocycles. The molecule has 0 amide bonds. The summed E-state index contributed by atoms with van der Waals surface area (Å²) < 4.78 is 10.3. The molecular weight excluding hydrogens is 254 g/mol. The van der Waals surface area contributed by atoms with E-state index in [-0.39, 0.29) is 12.1 Å². The molecule has 2 rings (SSSR count). The Morgan fingerprint density at radius 1 is 1.61 bits per heavy atom. The predicted octanol–water partition coefficient (Wildman–Crippen LogP) is 1.50. The van der Waals surface area contributed by atoms with Crippen LogP contribution in [0.4, 0.5) is 5.69 Å².